The molecule has 1 aromatic rings. The van der Waals surface area contributed by atoms with Gasteiger partial charge in [-0.05, 0) is 25.5 Å². The van der Waals surface area contributed by atoms with E-state index in [1.165, 1.54) is 0 Å². The lowest BCUT2D eigenvalue weighted by Gasteiger charge is -2.07. The van der Waals surface area contributed by atoms with Gasteiger partial charge in [0.1, 0.15) is 11.6 Å². The molecule has 0 atom stereocenters. The van der Waals surface area contributed by atoms with Crippen molar-refractivity contribution in [3.05, 3.63) is 34.4 Å². The van der Waals surface area contributed by atoms with E-state index in [1.54, 1.807) is 6.92 Å². The molecule has 0 aliphatic rings. The van der Waals surface area contributed by atoms with Crippen molar-refractivity contribution in [3.63, 3.8) is 0 Å². The van der Waals surface area contributed by atoms with Crippen molar-refractivity contribution in [1.82, 2.24) is 5.32 Å². The smallest absolute Gasteiger partial charge is 0.305 e. The Bertz CT molecular complexity index is 509. The zero-order valence-corrected chi connectivity index (χ0v) is 11.6. The molecule has 0 saturated carbocycles. The van der Waals surface area contributed by atoms with Crippen LogP contribution in [-0.4, -0.2) is 25.0 Å². The summed E-state index contributed by atoms with van der Waals surface area (Å²) in [7, 11) is 0. The highest BCUT2D eigenvalue weighted by atomic mass is 35.5. The molecule has 0 aliphatic carbocycles. The van der Waals surface area contributed by atoms with Gasteiger partial charge in [-0.15, -0.1) is 0 Å². The van der Waals surface area contributed by atoms with E-state index >= 15 is 0 Å². The van der Waals surface area contributed by atoms with Crippen LogP contribution in [0.5, 0.6) is 0 Å². The van der Waals surface area contributed by atoms with Crippen molar-refractivity contribution in [2.45, 2.75) is 19.8 Å². The maximum atomic E-state index is 13.4. The molecule has 0 aromatic heterocycles. The van der Waals surface area contributed by atoms with Crippen molar-refractivity contribution in [1.29, 1.82) is 0 Å². The van der Waals surface area contributed by atoms with Crippen molar-refractivity contribution < 1.29 is 23.1 Å². The first-order valence-corrected chi connectivity index (χ1v) is 6.41. The number of ether oxygens (including phenoxy) is 1. The predicted octanol–water partition coefficient (Wildman–Crippen LogP) is 2.69. The first kappa shape index (κ1) is 16.4. The van der Waals surface area contributed by atoms with Crippen LogP contribution in [0.4, 0.5) is 8.78 Å². The highest BCUT2D eigenvalue weighted by molar-refractivity contribution is 6.30. The average molecular weight is 306 g/mol. The zero-order chi connectivity index (χ0) is 15.1. The van der Waals surface area contributed by atoms with Crippen LogP contribution in [-0.2, 0) is 9.53 Å². The predicted molar refractivity (Wildman–Crippen MR) is 69.6 cm³/mol. The Labute approximate surface area is 120 Å². The Kier molecular flexibility index (Phi) is 6.38. The number of amides is 1. The van der Waals surface area contributed by atoms with E-state index < -0.39 is 23.1 Å². The molecule has 0 spiro atoms. The molecular formula is C13H14ClF2NO3. The normalized spacial score (nSPS) is 10.2. The van der Waals surface area contributed by atoms with Crippen LogP contribution in [0.3, 0.4) is 0 Å². The molecule has 0 radical (unpaired) electrons. The number of hydrogen-bond acceptors (Lipinski definition) is 3. The van der Waals surface area contributed by atoms with E-state index in [-0.39, 0.29) is 24.0 Å². The van der Waals surface area contributed by atoms with Crippen LogP contribution in [0, 0.1) is 11.6 Å². The van der Waals surface area contributed by atoms with Crippen LogP contribution in [0.1, 0.15) is 30.1 Å². The van der Waals surface area contributed by atoms with Gasteiger partial charge in [-0.3, -0.25) is 9.59 Å². The SMILES string of the molecule is CCOC(=O)CCCNC(=O)c1cc(F)c(Cl)cc1F. The second-order valence-electron chi connectivity index (χ2n) is 3.91. The van der Waals surface area contributed by atoms with Gasteiger partial charge in [0.05, 0.1) is 17.2 Å². The number of hydrogen-bond donors (Lipinski definition) is 1. The first-order valence-electron chi connectivity index (χ1n) is 6.04. The van der Waals surface area contributed by atoms with Gasteiger partial charge in [-0.1, -0.05) is 11.6 Å². The number of nitrogens with one attached hydrogen (secondary N) is 1. The Morgan fingerprint density at radius 2 is 2.00 bits per heavy atom. The minimum atomic E-state index is -0.903. The maximum absolute atomic E-state index is 13.4. The van der Waals surface area contributed by atoms with Crippen molar-refractivity contribution in [2.75, 3.05) is 13.2 Å². The third kappa shape index (κ3) is 4.77. The fourth-order valence-electron chi connectivity index (χ4n) is 1.46. The van der Waals surface area contributed by atoms with Gasteiger partial charge in [0.15, 0.2) is 0 Å². The summed E-state index contributed by atoms with van der Waals surface area (Å²) in [5, 5.41) is 2.00. The Morgan fingerprint density at radius 3 is 2.65 bits per heavy atom. The molecule has 0 bridgehead atoms. The van der Waals surface area contributed by atoms with E-state index in [0.29, 0.717) is 13.0 Å². The largest absolute Gasteiger partial charge is 0.466 e. The molecule has 4 nitrogen and oxygen atoms in total. The van der Waals surface area contributed by atoms with Gasteiger partial charge in [-0.25, -0.2) is 8.78 Å². The lowest BCUT2D eigenvalue weighted by Crippen LogP contribution is -2.26. The molecule has 0 saturated heterocycles. The summed E-state index contributed by atoms with van der Waals surface area (Å²) >= 11 is 5.38. The number of rotatable bonds is 6. The summed E-state index contributed by atoms with van der Waals surface area (Å²) in [4.78, 5) is 22.7. The van der Waals surface area contributed by atoms with Crippen molar-refractivity contribution >= 4 is 23.5 Å². The van der Waals surface area contributed by atoms with Crippen LogP contribution in [0.15, 0.2) is 12.1 Å². The summed E-state index contributed by atoms with van der Waals surface area (Å²) in [6.07, 6.45) is 0.494. The molecule has 0 heterocycles. The van der Waals surface area contributed by atoms with Gasteiger partial charge in [-0.2, -0.15) is 0 Å². The zero-order valence-electron chi connectivity index (χ0n) is 10.8. The Balaban J connectivity index is 2.48. The Morgan fingerprint density at radius 1 is 1.30 bits per heavy atom. The van der Waals surface area contributed by atoms with E-state index in [0.717, 1.165) is 12.1 Å². The van der Waals surface area contributed by atoms with Crippen LogP contribution in [0.2, 0.25) is 5.02 Å². The molecule has 0 unspecified atom stereocenters. The molecule has 1 amide bonds. The molecule has 0 fully saturated rings. The van der Waals surface area contributed by atoms with Gasteiger partial charge < -0.3 is 10.1 Å². The van der Waals surface area contributed by atoms with Gasteiger partial charge in [0, 0.05) is 13.0 Å². The molecule has 110 valence electrons. The number of carbonyl (C=O) groups is 2. The molecule has 7 heteroatoms. The highest BCUT2D eigenvalue weighted by Gasteiger charge is 2.15. The second kappa shape index (κ2) is 7.79. The monoisotopic (exact) mass is 305 g/mol. The molecule has 20 heavy (non-hydrogen) atoms. The molecule has 1 rings (SSSR count). The maximum Gasteiger partial charge on any atom is 0.305 e. The van der Waals surface area contributed by atoms with Crippen LogP contribution < -0.4 is 5.32 Å². The van der Waals surface area contributed by atoms with Gasteiger partial charge >= 0.3 is 5.97 Å². The number of esters is 1. The van der Waals surface area contributed by atoms with Crippen molar-refractivity contribution in [3.8, 4) is 0 Å². The molecular weight excluding hydrogens is 292 g/mol. The third-order valence-corrected chi connectivity index (χ3v) is 2.69. The summed E-state index contributed by atoms with van der Waals surface area (Å²) in [6.45, 7) is 2.14. The van der Waals surface area contributed by atoms with Gasteiger partial charge in [0.25, 0.3) is 5.91 Å². The average Bonchev–Trinajstić information content (AvgIpc) is 2.39. The van der Waals surface area contributed by atoms with E-state index in [9.17, 15) is 18.4 Å². The molecule has 1 N–H and O–H groups in total. The fourth-order valence-corrected chi connectivity index (χ4v) is 1.61. The lowest BCUT2D eigenvalue weighted by atomic mass is 10.2. The Hall–Kier alpha value is -1.69. The quantitative estimate of drug-likeness (QED) is 0.499. The van der Waals surface area contributed by atoms with E-state index in [1.807, 2.05) is 0 Å². The minimum absolute atomic E-state index is 0.144. The first-order chi connectivity index (χ1) is 9.45. The highest BCUT2D eigenvalue weighted by Crippen LogP contribution is 2.19. The summed E-state index contributed by atoms with van der Waals surface area (Å²) < 4.78 is 31.3. The molecule has 1 aromatic carbocycles. The number of carbonyl (C=O) groups excluding carboxylic acids is 2. The lowest BCUT2D eigenvalue weighted by molar-refractivity contribution is -0.143. The van der Waals surface area contributed by atoms with E-state index in [2.05, 4.69) is 5.32 Å². The van der Waals surface area contributed by atoms with E-state index in [4.69, 9.17) is 16.3 Å². The molecule has 0 aliphatic heterocycles. The summed E-state index contributed by atoms with van der Waals surface area (Å²) in [5.74, 6) is -2.91. The number of benzene rings is 1. The topological polar surface area (TPSA) is 55.4 Å². The van der Waals surface area contributed by atoms with Gasteiger partial charge in [0.2, 0.25) is 0 Å². The summed E-state index contributed by atoms with van der Waals surface area (Å²) in [5.41, 5.74) is -0.428. The number of halogens is 3. The second-order valence-corrected chi connectivity index (χ2v) is 4.32. The minimum Gasteiger partial charge on any atom is -0.466 e. The third-order valence-electron chi connectivity index (χ3n) is 2.40. The van der Waals surface area contributed by atoms with Crippen molar-refractivity contribution in [2.24, 2.45) is 0 Å². The summed E-state index contributed by atoms with van der Waals surface area (Å²) in [6, 6.07) is 1.47. The van der Waals surface area contributed by atoms with Crippen LogP contribution in [0.25, 0.3) is 0 Å². The van der Waals surface area contributed by atoms with Crippen LogP contribution >= 0.6 is 11.6 Å². The fraction of sp³-hybridized carbons (Fsp3) is 0.385. The standard InChI is InChI=1S/C13H14ClF2NO3/c1-2-20-12(18)4-3-5-17-13(19)8-6-11(16)9(14)7-10(8)15/h6-7H,2-5H2,1H3,(H,17,19).